The first-order valence-electron chi connectivity index (χ1n) is 6.86. The van der Waals surface area contributed by atoms with Gasteiger partial charge in [-0.3, -0.25) is 4.79 Å². The molecule has 1 amide bonds. The number of carbonyl (C=O) groups excluding carboxylic acids is 1. The molecular formula is C16H21NO3. The summed E-state index contributed by atoms with van der Waals surface area (Å²) in [5, 5.41) is 0.969. The van der Waals surface area contributed by atoms with E-state index >= 15 is 0 Å². The van der Waals surface area contributed by atoms with Crippen LogP contribution in [0.4, 0.5) is 0 Å². The summed E-state index contributed by atoms with van der Waals surface area (Å²) in [5.74, 6) is 0.860. The predicted molar refractivity (Wildman–Crippen MR) is 79.0 cm³/mol. The largest absolute Gasteiger partial charge is 0.497 e. The van der Waals surface area contributed by atoms with E-state index in [1.165, 1.54) is 0 Å². The molecule has 20 heavy (non-hydrogen) atoms. The van der Waals surface area contributed by atoms with Crippen molar-refractivity contribution >= 4 is 16.9 Å². The minimum atomic E-state index is 0.109. The van der Waals surface area contributed by atoms with Crippen molar-refractivity contribution in [1.29, 1.82) is 0 Å². The summed E-state index contributed by atoms with van der Waals surface area (Å²) in [4.78, 5) is 14.0. The highest BCUT2D eigenvalue weighted by Gasteiger charge is 2.17. The maximum absolute atomic E-state index is 12.2. The van der Waals surface area contributed by atoms with E-state index in [0.29, 0.717) is 6.42 Å². The lowest BCUT2D eigenvalue weighted by molar-refractivity contribution is -0.130. The van der Waals surface area contributed by atoms with Crippen molar-refractivity contribution in [3.05, 3.63) is 30.0 Å². The fraction of sp³-hybridized carbons (Fsp3) is 0.438. The number of hydrogen-bond acceptors (Lipinski definition) is 3. The first kappa shape index (κ1) is 14.4. The maximum Gasteiger partial charge on any atom is 0.227 e. The van der Waals surface area contributed by atoms with Gasteiger partial charge in [0.15, 0.2) is 0 Å². The predicted octanol–water partition coefficient (Wildman–Crippen LogP) is 3.24. The van der Waals surface area contributed by atoms with E-state index in [1.807, 2.05) is 25.2 Å². The second kappa shape index (κ2) is 5.99. The van der Waals surface area contributed by atoms with Crippen molar-refractivity contribution in [2.24, 2.45) is 0 Å². The Kier molecular flexibility index (Phi) is 4.32. The van der Waals surface area contributed by atoms with Crippen LogP contribution in [0.5, 0.6) is 5.75 Å². The van der Waals surface area contributed by atoms with Gasteiger partial charge in [0.25, 0.3) is 0 Å². The lowest BCUT2D eigenvalue weighted by Crippen LogP contribution is -2.35. The van der Waals surface area contributed by atoms with Crippen molar-refractivity contribution < 1.29 is 13.9 Å². The van der Waals surface area contributed by atoms with Gasteiger partial charge in [0.1, 0.15) is 11.3 Å². The van der Waals surface area contributed by atoms with Gasteiger partial charge in [-0.15, -0.1) is 0 Å². The molecule has 1 heterocycles. The average molecular weight is 275 g/mol. The zero-order chi connectivity index (χ0) is 14.7. The summed E-state index contributed by atoms with van der Waals surface area (Å²) in [7, 11) is 3.47. The highest BCUT2D eigenvalue weighted by Crippen LogP contribution is 2.26. The van der Waals surface area contributed by atoms with E-state index in [9.17, 15) is 4.79 Å². The van der Waals surface area contributed by atoms with Gasteiger partial charge >= 0.3 is 0 Å². The van der Waals surface area contributed by atoms with Gasteiger partial charge in [0.05, 0.1) is 19.8 Å². The first-order chi connectivity index (χ1) is 9.56. The summed E-state index contributed by atoms with van der Waals surface area (Å²) in [6.07, 6.45) is 2.97. The van der Waals surface area contributed by atoms with Crippen molar-refractivity contribution in [3.63, 3.8) is 0 Å². The van der Waals surface area contributed by atoms with E-state index < -0.39 is 0 Å². The van der Waals surface area contributed by atoms with E-state index in [0.717, 1.165) is 28.7 Å². The standard InChI is InChI=1S/C16H21NO3/c1-5-11(2)17(3)16(18)8-12-10-20-15-9-13(19-4)6-7-14(12)15/h6-7,9-11H,5,8H2,1-4H3. The molecule has 0 saturated carbocycles. The molecule has 0 aliphatic rings. The van der Waals surface area contributed by atoms with Crippen LogP contribution < -0.4 is 4.74 Å². The lowest BCUT2D eigenvalue weighted by atomic mass is 10.1. The SMILES string of the molecule is CCC(C)N(C)C(=O)Cc1coc2cc(OC)ccc12. The molecule has 0 saturated heterocycles. The van der Waals surface area contributed by atoms with E-state index in [-0.39, 0.29) is 11.9 Å². The summed E-state index contributed by atoms with van der Waals surface area (Å²) < 4.78 is 10.7. The van der Waals surface area contributed by atoms with Gasteiger partial charge in [-0.1, -0.05) is 6.92 Å². The Bertz CT molecular complexity index is 603. The van der Waals surface area contributed by atoms with Crippen molar-refractivity contribution in [2.75, 3.05) is 14.2 Å². The molecule has 0 fully saturated rings. The van der Waals surface area contributed by atoms with Crippen LogP contribution in [0, 0.1) is 0 Å². The van der Waals surface area contributed by atoms with Crippen LogP contribution in [-0.2, 0) is 11.2 Å². The van der Waals surface area contributed by atoms with Crippen LogP contribution in [0.3, 0.4) is 0 Å². The molecular weight excluding hydrogens is 254 g/mol. The Morgan fingerprint density at radius 1 is 1.45 bits per heavy atom. The lowest BCUT2D eigenvalue weighted by Gasteiger charge is -2.23. The van der Waals surface area contributed by atoms with Crippen molar-refractivity contribution in [2.45, 2.75) is 32.7 Å². The Labute approximate surface area is 119 Å². The van der Waals surface area contributed by atoms with Crippen LogP contribution in [0.15, 0.2) is 28.9 Å². The second-order valence-corrected chi connectivity index (χ2v) is 5.06. The van der Waals surface area contributed by atoms with Crippen LogP contribution in [0.25, 0.3) is 11.0 Å². The van der Waals surface area contributed by atoms with E-state index in [1.54, 1.807) is 18.3 Å². The van der Waals surface area contributed by atoms with Gasteiger partial charge in [-0.05, 0) is 25.5 Å². The number of carbonyl (C=O) groups is 1. The van der Waals surface area contributed by atoms with Gasteiger partial charge in [0, 0.05) is 30.1 Å². The average Bonchev–Trinajstić information content (AvgIpc) is 2.87. The molecule has 2 aromatic rings. The molecule has 2 rings (SSSR count). The Balaban J connectivity index is 2.20. The first-order valence-corrected chi connectivity index (χ1v) is 6.86. The molecule has 108 valence electrons. The molecule has 1 aromatic heterocycles. The smallest absolute Gasteiger partial charge is 0.227 e. The fourth-order valence-corrected chi connectivity index (χ4v) is 2.13. The van der Waals surface area contributed by atoms with Gasteiger partial charge in [0.2, 0.25) is 5.91 Å². The Morgan fingerprint density at radius 2 is 2.20 bits per heavy atom. The molecule has 0 spiro atoms. The molecule has 1 unspecified atom stereocenters. The summed E-state index contributed by atoms with van der Waals surface area (Å²) in [5.41, 5.74) is 1.67. The third-order valence-electron chi connectivity index (χ3n) is 3.85. The molecule has 0 aliphatic heterocycles. The number of nitrogens with zero attached hydrogens (tertiary/aromatic N) is 1. The number of hydrogen-bond donors (Lipinski definition) is 0. The fourth-order valence-electron chi connectivity index (χ4n) is 2.13. The van der Waals surface area contributed by atoms with Crippen LogP contribution in [0.2, 0.25) is 0 Å². The summed E-state index contributed by atoms with van der Waals surface area (Å²) in [6.45, 7) is 4.13. The Morgan fingerprint density at radius 3 is 2.85 bits per heavy atom. The Hall–Kier alpha value is -1.97. The second-order valence-electron chi connectivity index (χ2n) is 5.06. The van der Waals surface area contributed by atoms with Gasteiger partial charge in [-0.2, -0.15) is 0 Å². The molecule has 0 radical (unpaired) electrons. The number of rotatable bonds is 5. The number of ether oxygens (including phenoxy) is 1. The molecule has 0 bridgehead atoms. The van der Waals surface area contributed by atoms with Crippen molar-refractivity contribution in [3.8, 4) is 5.75 Å². The third kappa shape index (κ3) is 2.79. The number of fused-ring (bicyclic) bond motifs is 1. The monoisotopic (exact) mass is 275 g/mol. The topological polar surface area (TPSA) is 42.7 Å². The molecule has 4 heteroatoms. The molecule has 0 N–H and O–H groups in total. The minimum Gasteiger partial charge on any atom is -0.497 e. The number of amides is 1. The zero-order valence-electron chi connectivity index (χ0n) is 12.5. The zero-order valence-corrected chi connectivity index (χ0v) is 12.5. The maximum atomic E-state index is 12.2. The quantitative estimate of drug-likeness (QED) is 0.841. The highest BCUT2D eigenvalue weighted by molar-refractivity contribution is 5.88. The number of likely N-dealkylation sites (N-methyl/N-ethyl adjacent to an activating group) is 1. The number of methoxy groups -OCH3 is 1. The molecule has 4 nitrogen and oxygen atoms in total. The van der Waals surface area contributed by atoms with E-state index in [2.05, 4.69) is 13.8 Å². The van der Waals surface area contributed by atoms with E-state index in [4.69, 9.17) is 9.15 Å². The minimum absolute atomic E-state index is 0.109. The summed E-state index contributed by atoms with van der Waals surface area (Å²) in [6, 6.07) is 5.90. The molecule has 0 aliphatic carbocycles. The highest BCUT2D eigenvalue weighted by atomic mass is 16.5. The number of furan rings is 1. The van der Waals surface area contributed by atoms with Gasteiger partial charge < -0.3 is 14.1 Å². The molecule has 1 aromatic carbocycles. The summed E-state index contributed by atoms with van der Waals surface area (Å²) >= 11 is 0. The third-order valence-corrected chi connectivity index (χ3v) is 3.85. The van der Waals surface area contributed by atoms with Gasteiger partial charge in [-0.25, -0.2) is 0 Å². The normalized spacial score (nSPS) is 12.4. The van der Waals surface area contributed by atoms with Crippen LogP contribution in [-0.4, -0.2) is 31.0 Å². The van der Waals surface area contributed by atoms with Crippen LogP contribution >= 0.6 is 0 Å². The number of benzene rings is 1. The molecule has 1 atom stereocenters. The van der Waals surface area contributed by atoms with Crippen LogP contribution in [0.1, 0.15) is 25.8 Å². The van der Waals surface area contributed by atoms with Crippen molar-refractivity contribution in [1.82, 2.24) is 4.90 Å².